The molecule has 4 aromatic carbocycles. The van der Waals surface area contributed by atoms with Gasteiger partial charge in [0.1, 0.15) is 34.8 Å². The zero-order chi connectivity index (χ0) is 35.4. The van der Waals surface area contributed by atoms with Gasteiger partial charge in [0, 0.05) is 12.5 Å². The van der Waals surface area contributed by atoms with E-state index < -0.39 is 17.2 Å². The largest absolute Gasteiger partial charge is 0.497 e. The van der Waals surface area contributed by atoms with Crippen molar-refractivity contribution in [1.29, 1.82) is 0 Å². The van der Waals surface area contributed by atoms with E-state index in [1.807, 2.05) is 47.0 Å². The number of anilines is 1. The average molecular weight is 683 g/mol. The summed E-state index contributed by atoms with van der Waals surface area (Å²) < 4.78 is 21.2. The maximum atomic E-state index is 10.4. The van der Waals surface area contributed by atoms with Crippen molar-refractivity contribution in [3.05, 3.63) is 161 Å². The quantitative estimate of drug-likeness (QED) is 0.119. The van der Waals surface area contributed by atoms with E-state index in [1.54, 1.807) is 13.4 Å². The Hall–Kier alpha value is -5.02. The van der Waals surface area contributed by atoms with Crippen LogP contribution in [0.5, 0.6) is 5.75 Å². The molecule has 6 aromatic rings. The molecule has 0 aliphatic carbocycles. The summed E-state index contributed by atoms with van der Waals surface area (Å²) >= 11 is 0. The van der Waals surface area contributed by atoms with Crippen LogP contribution in [0.1, 0.15) is 66.8 Å². The first-order valence-corrected chi connectivity index (χ1v) is 17.8. The van der Waals surface area contributed by atoms with Crippen LogP contribution in [0.4, 0.5) is 5.82 Å². The summed E-state index contributed by atoms with van der Waals surface area (Å²) in [5, 5.41) is 19.2. The monoisotopic (exact) mass is 682 g/mol. The molecule has 1 fully saturated rings. The highest BCUT2D eigenvalue weighted by molar-refractivity contribution is 5.76. The Bertz CT molecular complexity index is 2000. The number of nitrogens with zero attached hydrogens (tertiary/aromatic N) is 3. The molecule has 1 aliphatic heterocycles. The van der Waals surface area contributed by atoms with Crippen LogP contribution in [-0.4, -0.2) is 45.1 Å². The predicted octanol–water partition coefficient (Wildman–Crippen LogP) is 8.14. The first kappa shape index (κ1) is 34.4. The molecule has 4 atom stereocenters. The number of benzene rings is 4. The van der Waals surface area contributed by atoms with Crippen LogP contribution >= 0.6 is 0 Å². The van der Waals surface area contributed by atoms with Crippen molar-refractivity contribution in [1.82, 2.24) is 14.6 Å². The summed E-state index contributed by atoms with van der Waals surface area (Å²) in [4.78, 5) is 4.92. The first-order chi connectivity index (χ1) is 24.9. The van der Waals surface area contributed by atoms with Crippen molar-refractivity contribution < 1.29 is 19.3 Å². The molecule has 0 saturated carbocycles. The Morgan fingerprint density at radius 2 is 1.49 bits per heavy atom. The van der Waals surface area contributed by atoms with Gasteiger partial charge in [-0.2, -0.15) is 5.10 Å². The van der Waals surface area contributed by atoms with Gasteiger partial charge in [-0.05, 0) is 65.8 Å². The average Bonchev–Trinajstić information content (AvgIpc) is 3.68. The van der Waals surface area contributed by atoms with Gasteiger partial charge < -0.3 is 24.6 Å². The zero-order valence-corrected chi connectivity index (χ0v) is 29.7. The molecule has 1 aliphatic rings. The van der Waals surface area contributed by atoms with E-state index in [4.69, 9.17) is 24.3 Å². The van der Waals surface area contributed by atoms with Crippen molar-refractivity contribution in [3.8, 4) is 5.75 Å². The van der Waals surface area contributed by atoms with Crippen LogP contribution in [0, 0.1) is 5.92 Å². The number of aliphatic hydroxyl groups is 1. The summed E-state index contributed by atoms with van der Waals surface area (Å²) in [6, 6.07) is 41.3. The van der Waals surface area contributed by atoms with Crippen LogP contribution in [0.25, 0.3) is 5.52 Å². The molecule has 262 valence electrons. The smallest absolute Gasteiger partial charge is 0.155 e. The van der Waals surface area contributed by atoms with E-state index in [-0.39, 0.29) is 18.6 Å². The molecule has 1 saturated heterocycles. The van der Waals surface area contributed by atoms with Crippen molar-refractivity contribution in [3.63, 3.8) is 0 Å². The van der Waals surface area contributed by atoms with E-state index in [0.717, 1.165) is 51.2 Å². The van der Waals surface area contributed by atoms with Gasteiger partial charge >= 0.3 is 0 Å². The molecule has 3 heterocycles. The minimum atomic E-state index is -0.858. The molecule has 51 heavy (non-hydrogen) atoms. The topological polar surface area (TPSA) is 90.1 Å². The molecular formula is C43H46N4O4. The second kappa shape index (κ2) is 14.7. The molecule has 0 radical (unpaired) electrons. The highest BCUT2D eigenvalue weighted by Gasteiger charge is 2.53. The summed E-state index contributed by atoms with van der Waals surface area (Å²) in [5.74, 6) is 1.52. The highest BCUT2D eigenvalue weighted by Crippen LogP contribution is 2.50. The summed E-state index contributed by atoms with van der Waals surface area (Å²) in [5.41, 5.74) is 5.25. The van der Waals surface area contributed by atoms with Gasteiger partial charge in [0.2, 0.25) is 0 Å². The van der Waals surface area contributed by atoms with Crippen LogP contribution in [0.15, 0.2) is 128 Å². The van der Waals surface area contributed by atoms with Gasteiger partial charge in [-0.3, -0.25) is 0 Å². The summed E-state index contributed by atoms with van der Waals surface area (Å²) in [6.07, 6.45) is 2.45. The maximum absolute atomic E-state index is 10.4. The van der Waals surface area contributed by atoms with Gasteiger partial charge in [-0.15, -0.1) is 0 Å². The molecule has 8 heteroatoms. The van der Waals surface area contributed by atoms with E-state index in [2.05, 4.69) is 105 Å². The van der Waals surface area contributed by atoms with Crippen molar-refractivity contribution >= 4 is 11.3 Å². The standard InChI is InChI=1S/C43H46N4O4/c1-5-38-30(2)42(3,50-28-31-15-9-6-10-16-31)40(51-38)37-27-32(25-26-48)39-41(44-29-45-47(37)39)46-43(33-17-11-7-12-18-33,34-19-13-8-14-20-34)35-21-23-36(49-4)24-22-35/h6-24,27,29-30,38,40,48H,5,25-26,28H2,1-4H3,(H,44,45,46)/t30-,38-,40+,42-/m1/s1. The molecule has 0 amide bonds. The Labute approximate surface area is 300 Å². The lowest BCUT2D eigenvalue weighted by molar-refractivity contribution is -0.107. The normalized spacial score (nSPS) is 20.5. The fourth-order valence-corrected chi connectivity index (χ4v) is 7.72. The molecule has 2 aromatic heterocycles. The Kier molecular flexibility index (Phi) is 9.91. The number of nitrogens with one attached hydrogen (secondary N) is 1. The Morgan fingerprint density at radius 3 is 2.08 bits per heavy atom. The summed E-state index contributed by atoms with van der Waals surface area (Å²) in [7, 11) is 1.68. The van der Waals surface area contributed by atoms with Crippen LogP contribution < -0.4 is 10.1 Å². The van der Waals surface area contributed by atoms with Crippen LogP contribution in [0.3, 0.4) is 0 Å². The maximum Gasteiger partial charge on any atom is 0.155 e. The van der Waals surface area contributed by atoms with Gasteiger partial charge in [0.05, 0.1) is 25.5 Å². The second-order valence-electron chi connectivity index (χ2n) is 13.5. The third-order valence-electron chi connectivity index (χ3n) is 10.6. The fraction of sp³-hybridized carbons (Fsp3) is 0.302. The predicted molar refractivity (Wildman–Crippen MR) is 200 cm³/mol. The number of methoxy groups -OCH3 is 1. The van der Waals surface area contributed by atoms with Crippen LogP contribution in [-0.2, 0) is 28.0 Å². The lowest BCUT2D eigenvalue weighted by Crippen LogP contribution is -2.39. The molecule has 0 spiro atoms. The lowest BCUT2D eigenvalue weighted by atomic mass is 9.77. The van der Waals surface area contributed by atoms with E-state index in [1.165, 1.54) is 0 Å². The SMILES string of the molecule is CC[C@H]1O[C@@H](c2cc(CCO)c3c(NC(c4ccccc4)(c4ccccc4)c4ccc(OC)cc4)ncnn23)[C@](C)(OCc2ccccc2)[C@@H]1C. The van der Waals surface area contributed by atoms with Crippen molar-refractivity contribution in [2.75, 3.05) is 19.0 Å². The first-order valence-electron chi connectivity index (χ1n) is 17.8. The van der Waals surface area contributed by atoms with Crippen molar-refractivity contribution in [2.24, 2.45) is 5.92 Å². The molecular weight excluding hydrogens is 636 g/mol. The van der Waals surface area contributed by atoms with Crippen LogP contribution in [0.2, 0.25) is 0 Å². The number of ether oxygens (including phenoxy) is 3. The molecule has 2 N–H and O–H groups in total. The minimum absolute atomic E-state index is 0.000862. The second-order valence-corrected chi connectivity index (χ2v) is 13.5. The number of aliphatic hydroxyl groups excluding tert-OH is 1. The van der Waals surface area contributed by atoms with Gasteiger partial charge in [-0.25, -0.2) is 9.50 Å². The number of fused-ring (bicyclic) bond motifs is 1. The van der Waals surface area contributed by atoms with Gasteiger partial charge in [-0.1, -0.05) is 117 Å². The van der Waals surface area contributed by atoms with Gasteiger partial charge in [0.25, 0.3) is 0 Å². The van der Waals surface area contributed by atoms with Gasteiger partial charge in [0.15, 0.2) is 5.82 Å². The Morgan fingerprint density at radius 1 is 0.882 bits per heavy atom. The molecule has 0 bridgehead atoms. The van der Waals surface area contributed by atoms with E-state index in [0.29, 0.717) is 18.8 Å². The zero-order valence-electron chi connectivity index (χ0n) is 29.7. The number of hydrogen-bond donors (Lipinski definition) is 2. The number of hydrogen-bond acceptors (Lipinski definition) is 7. The third kappa shape index (κ3) is 6.29. The van der Waals surface area contributed by atoms with E-state index >= 15 is 0 Å². The number of aromatic nitrogens is 3. The highest BCUT2D eigenvalue weighted by atomic mass is 16.6. The Balaban J connectivity index is 1.40. The van der Waals surface area contributed by atoms with E-state index in [9.17, 15) is 5.11 Å². The molecule has 7 rings (SSSR count). The fourth-order valence-electron chi connectivity index (χ4n) is 7.72. The third-order valence-corrected chi connectivity index (χ3v) is 10.6. The number of rotatable bonds is 13. The van der Waals surface area contributed by atoms with Crippen molar-refractivity contribution in [2.45, 2.75) is 63.6 Å². The minimum Gasteiger partial charge on any atom is -0.497 e. The summed E-state index contributed by atoms with van der Waals surface area (Å²) in [6.45, 7) is 6.96. The molecule has 8 nitrogen and oxygen atoms in total. The lowest BCUT2D eigenvalue weighted by Gasteiger charge is -2.37. The molecule has 0 unspecified atom stereocenters.